The number of nitrogens with two attached hydrogens (primary N) is 1. The normalized spacial score (nSPS) is 12.8. The summed E-state index contributed by atoms with van der Waals surface area (Å²) < 4.78 is 6.49. The van der Waals surface area contributed by atoms with Crippen LogP contribution in [0.4, 0.5) is 0 Å². The van der Waals surface area contributed by atoms with E-state index in [1.54, 1.807) is 0 Å². The third-order valence-corrected chi connectivity index (χ3v) is 3.50. The minimum atomic E-state index is -0.120. The summed E-state index contributed by atoms with van der Waals surface area (Å²) in [6, 6.07) is 9.94. The molecule has 1 unspecified atom stereocenters. The summed E-state index contributed by atoms with van der Waals surface area (Å²) in [6.45, 7) is 3.31. The van der Waals surface area contributed by atoms with Crippen molar-refractivity contribution in [2.75, 3.05) is 13.2 Å². The second-order valence-corrected chi connectivity index (χ2v) is 5.20. The van der Waals surface area contributed by atoms with Gasteiger partial charge in [0.2, 0.25) is 0 Å². The van der Waals surface area contributed by atoms with Gasteiger partial charge in [-0.25, -0.2) is 10.4 Å². The summed E-state index contributed by atoms with van der Waals surface area (Å²) in [5.41, 5.74) is 4.59. The van der Waals surface area contributed by atoms with Crippen molar-refractivity contribution in [3.05, 3.63) is 40.5 Å². The highest BCUT2D eigenvalue weighted by Gasteiger charge is 2.16. The van der Waals surface area contributed by atoms with Crippen molar-refractivity contribution in [3.8, 4) is 0 Å². The van der Waals surface area contributed by atoms with E-state index in [0.29, 0.717) is 6.61 Å². The van der Waals surface area contributed by atoms with Gasteiger partial charge in [0.05, 0.1) is 23.9 Å². The number of rotatable bonds is 6. The fourth-order valence-electron chi connectivity index (χ4n) is 1.90. The Bertz CT molecular complexity index is 547. The van der Waals surface area contributed by atoms with Crippen molar-refractivity contribution in [3.63, 3.8) is 0 Å². The molecule has 0 radical (unpaired) electrons. The molecule has 1 atom stereocenters. The van der Waals surface area contributed by atoms with Gasteiger partial charge in [0.25, 0.3) is 0 Å². The molecule has 0 saturated carbocycles. The Morgan fingerprint density at radius 2 is 2.21 bits per heavy atom. The number of aromatic nitrogens is 1. The Balaban J connectivity index is 2.28. The van der Waals surface area contributed by atoms with Crippen LogP contribution in [0.2, 0.25) is 0 Å². The van der Waals surface area contributed by atoms with Crippen LogP contribution in [-0.4, -0.2) is 18.2 Å². The molecule has 1 aromatic carbocycles. The zero-order chi connectivity index (χ0) is 13.7. The summed E-state index contributed by atoms with van der Waals surface area (Å²) in [5.74, 6) is 5.61. The van der Waals surface area contributed by atoms with Crippen molar-refractivity contribution in [2.24, 2.45) is 5.84 Å². The molecule has 1 heterocycles. The first-order chi connectivity index (χ1) is 9.26. The maximum Gasteiger partial charge on any atom is 0.0876 e. The number of ether oxygens (including phenoxy) is 1. The van der Waals surface area contributed by atoms with Crippen molar-refractivity contribution >= 4 is 26.8 Å². The van der Waals surface area contributed by atoms with E-state index in [2.05, 4.69) is 39.3 Å². The lowest BCUT2D eigenvalue weighted by atomic mass is 10.1. The quantitative estimate of drug-likeness (QED) is 0.487. The van der Waals surface area contributed by atoms with E-state index in [4.69, 9.17) is 10.6 Å². The minimum absolute atomic E-state index is 0.120. The molecule has 0 amide bonds. The van der Waals surface area contributed by atoms with Gasteiger partial charge in [-0.15, -0.1) is 0 Å². The van der Waals surface area contributed by atoms with E-state index < -0.39 is 0 Å². The van der Waals surface area contributed by atoms with Crippen molar-refractivity contribution in [2.45, 2.75) is 19.4 Å². The smallest absolute Gasteiger partial charge is 0.0876 e. The lowest BCUT2D eigenvalue weighted by molar-refractivity contribution is 0.111. The molecule has 2 aromatic rings. The van der Waals surface area contributed by atoms with Crippen LogP contribution in [-0.2, 0) is 4.74 Å². The van der Waals surface area contributed by atoms with Crippen molar-refractivity contribution in [1.82, 2.24) is 10.4 Å². The number of hydrogen-bond acceptors (Lipinski definition) is 4. The number of benzene rings is 1. The number of pyridine rings is 1. The Morgan fingerprint density at radius 3 is 2.95 bits per heavy atom. The van der Waals surface area contributed by atoms with Gasteiger partial charge in [-0.3, -0.25) is 5.84 Å². The number of fused-ring (bicyclic) bond motifs is 1. The lowest BCUT2D eigenvalue weighted by Crippen LogP contribution is -2.32. The minimum Gasteiger partial charge on any atom is -0.379 e. The molecule has 0 spiro atoms. The van der Waals surface area contributed by atoms with E-state index in [9.17, 15) is 0 Å². The molecule has 0 aliphatic rings. The summed E-state index contributed by atoms with van der Waals surface area (Å²) in [5, 5.41) is 1.10. The van der Waals surface area contributed by atoms with E-state index in [0.717, 1.165) is 34.1 Å². The predicted octanol–water partition coefficient (Wildman–Crippen LogP) is 2.93. The third kappa shape index (κ3) is 3.51. The van der Waals surface area contributed by atoms with Crippen LogP contribution < -0.4 is 11.3 Å². The first kappa shape index (κ1) is 14.4. The van der Waals surface area contributed by atoms with Crippen LogP contribution >= 0.6 is 15.9 Å². The van der Waals surface area contributed by atoms with Gasteiger partial charge in [-0.2, -0.15) is 0 Å². The Hall–Kier alpha value is -1.01. The van der Waals surface area contributed by atoms with Crippen molar-refractivity contribution < 1.29 is 4.74 Å². The van der Waals surface area contributed by atoms with Crippen molar-refractivity contribution in [1.29, 1.82) is 0 Å². The summed E-state index contributed by atoms with van der Waals surface area (Å²) in [4.78, 5) is 4.66. The highest BCUT2D eigenvalue weighted by molar-refractivity contribution is 9.10. The Kier molecular flexibility index (Phi) is 5.27. The molecule has 2 rings (SSSR count). The number of halogens is 1. The topological polar surface area (TPSA) is 60.2 Å². The molecule has 0 fully saturated rings. The number of hydrazine groups is 1. The molecule has 0 aliphatic carbocycles. The Morgan fingerprint density at radius 1 is 1.42 bits per heavy atom. The monoisotopic (exact) mass is 323 g/mol. The zero-order valence-electron chi connectivity index (χ0n) is 10.9. The standard InChI is InChI=1S/C14H18BrN3O/c1-2-7-19-9-13(18-16)14-11(15)8-10-5-3-4-6-12(10)17-14/h3-6,8,13,18H,2,7,9,16H2,1H3. The van der Waals surface area contributed by atoms with Gasteiger partial charge in [-0.1, -0.05) is 25.1 Å². The molecule has 4 nitrogen and oxygen atoms in total. The number of hydrogen-bond donors (Lipinski definition) is 2. The maximum absolute atomic E-state index is 5.61. The highest BCUT2D eigenvalue weighted by atomic mass is 79.9. The highest BCUT2D eigenvalue weighted by Crippen LogP contribution is 2.25. The molecule has 1 aromatic heterocycles. The average Bonchev–Trinajstić information content (AvgIpc) is 2.43. The van der Waals surface area contributed by atoms with Gasteiger partial charge in [-0.05, 0) is 34.5 Å². The molecule has 0 aliphatic heterocycles. The average molecular weight is 324 g/mol. The first-order valence-corrected chi connectivity index (χ1v) is 7.14. The number of nitrogens with one attached hydrogen (secondary N) is 1. The van der Waals surface area contributed by atoms with E-state index in [-0.39, 0.29) is 6.04 Å². The summed E-state index contributed by atoms with van der Waals surface area (Å²) in [6.07, 6.45) is 0.990. The molecule has 0 saturated heterocycles. The molecule has 19 heavy (non-hydrogen) atoms. The fraction of sp³-hybridized carbons (Fsp3) is 0.357. The molecular formula is C14H18BrN3O. The van der Waals surface area contributed by atoms with E-state index in [1.165, 1.54) is 0 Å². The molecule has 102 valence electrons. The van der Waals surface area contributed by atoms with Crippen LogP contribution in [0, 0.1) is 0 Å². The predicted molar refractivity (Wildman–Crippen MR) is 80.6 cm³/mol. The molecule has 5 heteroatoms. The van der Waals surface area contributed by atoms with Crippen LogP contribution in [0.3, 0.4) is 0 Å². The largest absolute Gasteiger partial charge is 0.379 e. The third-order valence-electron chi connectivity index (χ3n) is 2.87. The first-order valence-electron chi connectivity index (χ1n) is 6.35. The molecule has 3 N–H and O–H groups in total. The summed E-state index contributed by atoms with van der Waals surface area (Å²) in [7, 11) is 0. The summed E-state index contributed by atoms with van der Waals surface area (Å²) >= 11 is 3.55. The maximum atomic E-state index is 5.61. The van der Waals surface area contributed by atoms with Gasteiger partial charge in [0, 0.05) is 16.5 Å². The lowest BCUT2D eigenvalue weighted by Gasteiger charge is -2.17. The van der Waals surface area contributed by atoms with Crippen LogP contribution in [0.15, 0.2) is 34.8 Å². The van der Waals surface area contributed by atoms with Crippen LogP contribution in [0.1, 0.15) is 25.1 Å². The van der Waals surface area contributed by atoms with Gasteiger partial charge < -0.3 is 4.74 Å². The van der Waals surface area contributed by atoms with E-state index in [1.807, 2.05) is 24.3 Å². The number of para-hydroxylation sites is 1. The fourth-order valence-corrected chi connectivity index (χ4v) is 2.51. The molecule has 0 bridgehead atoms. The van der Waals surface area contributed by atoms with Gasteiger partial charge in [0.1, 0.15) is 0 Å². The van der Waals surface area contributed by atoms with Crippen LogP contribution in [0.5, 0.6) is 0 Å². The van der Waals surface area contributed by atoms with Gasteiger partial charge in [0.15, 0.2) is 0 Å². The molecular weight excluding hydrogens is 306 g/mol. The number of nitrogens with zero attached hydrogens (tertiary/aromatic N) is 1. The zero-order valence-corrected chi connectivity index (χ0v) is 12.5. The second-order valence-electron chi connectivity index (χ2n) is 4.34. The Labute approximate surface area is 121 Å². The second kappa shape index (κ2) is 6.96. The SMILES string of the molecule is CCCOCC(NN)c1nc2ccccc2cc1Br. The van der Waals surface area contributed by atoms with Crippen LogP contribution in [0.25, 0.3) is 10.9 Å². The van der Waals surface area contributed by atoms with Gasteiger partial charge >= 0.3 is 0 Å². The van der Waals surface area contributed by atoms with E-state index >= 15 is 0 Å².